The molecule has 118 valence electrons. The fourth-order valence-electron chi connectivity index (χ4n) is 1.77. The second-order valence-corrected chi connectivity index (χ2v) is 4.22. The van der Waals surface area contributed by atoms with Gasteiger partial charge in [0, 0.05) is 5.56 Å². The minimum atomic E-state index is -5.06. The van der Waals surface area contributed by atoms with Gasteiger partial charge >= 0.3 is 18.3 Å². The zero-order valence-electron chi connectivity index (χ0n) is 10.4. The zero-order valence-corrected chi connectivity index (χ0v) is 10.4. The molecule has 0 unspecified atom stereocenters. The molecule has 9 heteroatoms. The second-order valence-electron chi connectivity index (χ2n) is 4.22. The quantitative estimate of drug-likeness (QED) is 0.816. The fraction of sp³-hybridized carbons (Fsp3) is 0.154. The molecule has 0 aliphatic rings. The van der Waals surface area contributed by atoms with Crippen LogP contribution in [0.2, 0.25) is 0 Å². The number of alkyl halides is 6. The molecule has 0 fully saturated rings. The van der Waals surface area contributed by atoms with E-state index >= 15 is 0 Å². The Hall–Kier alpha value is -2.45. The van der Waals surface area contributed by atoms with E-state index in [2.05, 4.69) is 0 Å². The van der Waals surface area contributed by atoms with Crippen LogP contribution in [0.1, 0.15) is 21.7 Å². The third kappa shape index (κ3) is 3.07. The highest BCUT2D eigenvalue weighted by atomic mass is 19.4. The molecule has 1 aromatic carbocycles. The van der Waals surface area contributed by atoms with Crippen LogP contribution < -0.4 is 0 Å². The average Bonchev–Trinajstić information content (AvgIpc) is 2.85. The predicted molar refractivity (Wildman–Crippen MR) is 61.1 cm³/mol. The second kappa shape index (κ2) is 5.08. The normalized spacial score (nSPS) is 12.5. The number of benzene rings is 1. The van der Waals surface area contributed by atoms with Gasteiger partial charge in [-0.3, -0.25) is 0 Å². The Morgan fingerprint density at radius 3 is 2.05 bits per heavy atom. The van der Waals surface area contributed by atoms with Crippen molar-refractivity contribution in [1.29, 1.82) is 0 Å². The Kier molecular flexibility index (Phi) is 3.68. The molecule has 0 radical (unpaired) electrons. The SMILES string of the molecule is O=C(O)c1ccc(-c2ccc(C(F)(F)F)cc2C(F)(F)F)o1. The topological polar surface area (TPSA) is 50.4 Å². The number of furan rings is 1. The van der Waals surface area contributed by atoms with Gasteiger partial charge in [-0.15, -0.1) is 0 Å². The molecule has 0 saturated carbocycles. The molecule has 0 aliphatic heterocycles. The highest BCUT2D eigenvalue weighted by molar-refractivity contribution is 5.85. The van der Waals surface area contributed by atoms with Gasteiger partial charge in [0.2, 0.25) is 5.76 Å². The van der Waals surface area contributed by atoms with Gasteiger partial charge in [0.1, 0.15) is 5.76 Å². The molecule has 0 atom stereocenters. The third-order valence-corrected chi connectivity index (χ3v) is 2.73. The molecule has 0 bridgehead atoms. The molecule has 1 heterocycles. The maximum Gasteiger partial charge on any atom is 0.417 e. The van der Waals surface area contributed by atoms with Gasteiger partial charge in [0.05, 0.1) is 11.1 Å². The first-order chi connectivity index (χ1) is 10.00. The van der Waals surface area contributed by atoms with E-state index in [0.29, 0.717) is 12.1 Å². The molecule has 0 spiro atoms. The van der Waals surface area contributed by atoms with Crippen LogP contribution in [0.4, 0.5) is 26.3 Å². The first kappa shape index (κ1) is 15.9. The Labute approximate surface area is 118 Å². The summed E-state index contributed by atoms with van der Waals surface area (Å²) in [5, 5.41) is 8.66. The van der Waals surface area contributed by atoms with Crippen molar-refractivity contribution in [3.8, 4) is 11.3 Å². The first-order valence-electron chi connectivity index (χ1n) is 5.62. The van der Waals surface area contributed by atoms with Crippen LogP contribution >= 0.6 is 0 Å². The summed E-state index contributed by atoms with van der Waals surface area (Å²) in [7, 11) is 0. The molecular weight excluding hydrogens is 318 g/mol. The Morgan fingerprint density at radius 1 is 0.955 bits per heavy atom. The summed E-state index contributed by atoms with van der Waals surface area (Å²) in [6, 6.07) is 2.87. The summed E-state index contributed by atoms with van der Waals surface area (Å²) < 4.78 is 81.1. The number of halogens is 6. The van der Waals surface area contributed by atoms with E-state index in [1.807, 2.05) is 0 Å². The van der Waals surface area contributed by atoms with E-state index < -0.39 is 46.5 Å². The predicted octanol–water partition coefficient (Wildman–Crippen LogP) is 4.68. The van der Waals surface area contributed by atoms with Crippen LogP contribution in [-0.4, -0.2) is 11.1 Å². The fourth-order valence-corrected chi connectivity index (χ4v) is 1.77. The van der Waals surface area contributed by atoms with Crippen molar-refractivity contribution < 1.29 is 40.7 Å². The summed E-state index contributed by atoms with van der Waals surface area (Å²) in [4.78, 5) is 10.6. The lowest BCUT2D eigenvalue weighted by atomic mass is 10.0. The number of aromatic carboxylic acids is 1. The van der Waals surface area contributed by atoms with Crippen molar-refractivity contribution in [2.24, 2.45) is 0 Å². The van der Waals surface area contributed by atoms with Crippen LogP contribution in [0.15, 0.2) is 34.7 Å². The van der Waals surface area contributed by atoms with Crippen LogP contribution in [-0.2, 0) is 12.4 Å². The van der Waals surface area contributed by atoms with Crippen LogP contribution in [0.25, 0.3) is 11.3 Å². The van der Waals surface area contributed by atoms with Gasteiger partial charge in [-0.2, -0.15) is 26.3 Å². The highest BCUT2D eigenvalue weighted by Crippen LogP contribution is 2.41. The number of carboxylic acid groups (broad SMARTS) is 1. The van der Waals surface area contributed by atoms with E-state index in [4.69, 9.17) is 9.52 Å². The van der Waals surface area contributed by atoms with Gasteiger partial charge in [-0.05, 0) is 24.3 Å². The minimum absolute atomic E-state index is 0.0434. The van der Waals surface area contributed by atoms with Crippen LogP contribution in [0, 0.1) is 0 Å². The monoisotopic (exact) mass is 324 g/mol. The molecule has 0 aliphatic carbocycles. The lowest BCUT2D eigenvalue weighted by molar-refractivity contribution is -0.142. The van der Waals surface area contributed by atoms with Gasteiger partial charge < -0.3 is 9.52 Å². The first-order valence-corrected chi connectivity index (χ1v) is 5.62. The van der Waals surface area contributed by atoms with Crippen LogP contribution in [0.3, 0.4) is 0 Å². The van der Waals surface area contributed by atoms with Crippen molar-refractivity contribution in [2.75, 3.05) is 0 Å². The van der Waals surface area contributed by atoms with Crippen LogP contribution in [0.5, 0.6) is 0 Å². The van der Waals surface area contributed by atoms with Gasteiger partial charge in [0.15, 0.2) is 0 Å². The number of hydrogen-bond donors (Lipinski definition) is 1. The molecule has 3 nitrogen and oxygen atoms in total. The lowest BCUT2D eigenvalue weighted by Crippen LogP contribution is -2.11. The zero-order chi connectivity index (χ0) is 16.7. The summed E-state index contributed by atoms with van der Waals surface area (Å²) >= 11 is 0. The molecule has 1 aromatic heterocycles. The maximum atomic E-state index is 12.9. The minimum Gasteiger partial charge on any atom is -0.475 e. The van der Waals surface area contributed by atoms with Crippen molar-refractivity contribution in [3.05, 3.63) is 47.2 Å². The van der Waals surface area contributed by atoms with E-state index in [9.17, 15) is 31.1 Å². The third-order valence-electron chi connectivity index (χ3n) is 2.73. The molecule has 0 amide bonds. The molecule has 2 aromatic rings. The van der Waals surface area contributed by atoms with Crippen molar-refractivity contribution in [2.45, 2.75) is 12.4 Å². The van der Waals surface area contributed by atoms with Gasteiger partial charge in [-0.1, -0.05) is 6.07 Å². The number of hydrogen-bond acceptors (Lipinski definition) is 2. The highest BCUT2D eigenvalue weighted by Gasteiger charge is 2.39. The number of rotatable bonds is 2. The molecule has 22 heavy (non-hydrogen) atoms. The van der Waals surface area contributed by atoms with Crippen molar-refractivity contribution >= 4 is 5.97 Å². The van der Waals surface area contributed by atoms with Gasteiger partial charge in [-0.25, -0.2) is 4.79 Å². The molecular formula is C13H6F6O3. The Morgan fingerprint density at radius 2 is 1.59 bits per heavy atom. The number of carboxylic acids is 1. The van der Waals surface area contributed by atoms with Crippen molar-refractivity contribution in [1.82, 2.24) is 0 Å². The standard InChI is InChI=1S/C13H6F6O3/c14-12(15,16)6-1-2-7(8(5-6)13(17,18)19)9-3-4-10(22-9)11(20)21/h1-5H,(H,20,21). The van der Waals surface area contributed by atoms with Crippen molar-refractivity contribution in [3.63, 3.8) is 0 Å². The summed E-state index contributed by atoms with van der Waals surface area (Å²) in [5.41, 5.74) is -3.70. The summed E-state index contributed by atoms with van der Waals surface area (Å²) in [6.45, 7) is 0. The largest absolute Gasteiger partial charge is 0.475 e. The molecule has 1 N–H and O–H groups in total. The lowest BCUT2D eigenvalue weighted by Gasteiger charge is -2.14. The summed E-state index contributed by atoms with van der Waals surface area (Å²) in [6.07, 6.45) is -10.00. The van der Waals surface area contributed by atoms with E-state index in [-0.39, 0.29) is 6.07 Å². The molecule has 0 saturated heterocycles. The van der Waals surface area contributed by atoms with E-state index in [0.717, 1.165) is 12.1 Å². The average molecular weight is 324 g/mol. The molecule has 2 rings (SSSR count). The van der Waals surface area contributed by atoms with E-state index in [1.54, 1.807) is 0 Å². The smallest absolute Gasteiger partial charge is 0.417 e. The number of carbonyl (C=O) groups is 1. The Bertz CT molecular complexity index is 711. The summed E-state index contributed by atoms with van der Waals surface area (Å²) in [5.74, 6) is -2.62. The van der Waals surface area contributed by atoms with Gasteiger partial charge in [0.25, 0.3) is 0 Å². The maximum absolute atomic E-state index is 12.9. The Balaban J connectivity index is 2.62. The van der Waals surface area contributed by atoms with E-state index in [1.165, 1.54) is 0 Å².